The predicted molar refractivity (Wildman–Crippen MR) is 94.8 cm³/mol. The van der Waals surface area contributed by atoms with E-state index in [1.165, 1.54) is 64.7 Å². The average Bonchev–Trinajstić information content (AvgIpc) is 2.49. The topological polar surface area (TPSA) is 15.3 Å². The van der Waals surface area contributed by atoms with Gasteiger partial charge in [0.2, 0.25) is 0 Å². The van der Waals surface area contributed by atoms with E-state index < -0.39 is 0 Å². The molecule has 126 valence electrons. The maximum absolute atomic E-state index is 3.84. The van der Waals surface area contributed by atoms with Gasteiger partial charge in [0, 0.05) is 12.6 Å². The lowest BCUT2D eigenvalue weighted by atomic mass is 9.73. The van der Waals surface area contributed by atoms with Gasteiger partial charge in [0.05, 0.1) is 0 Å². The van der Waals surface area contributed by atoms with Gasteiger partial charge in [-0.2, -0.15) is 0 Å². The molecule has 0 aromatic rings. The summed E-state index contributed by atoms with van der Waals surface area (Å²) < 4.78 is 0. The summed E-state index contributed by atoms with van der Waals surface area (Å²) in [5, 5.41) is 3.84. The second-order valence-corrected chi connectivity index (χ2v) is 7.38. The molecule has 0 aromatic heterocycles. The molecule has 1 rings (SSSR count). The summed E-state index contributed by atoms with van der Waals surface area (Å²) in [4.78, 5) is 2.69. The van der Waals surface area contributed by atoms with E-state index in [-0.39, 0.29) is 0 Å². The molecule has 3 atom stereocenters. The van der Waals surface area contributed by atoms with E-state index in [0.29, 0.717) is 0 Å². The van der Waals surface area contributed by atoms with Crippen LogP contribution in [0.15, 0.2) is 0 Å². The van der Waals surface area contributed by atoms with Gasteiger partial charge in [0.15, 0.2) is 0 Å². The Morgan fingerprint density at radius 1 is 1.10 bits per heavy atom. The van der Waals surface area contributed by atoms with Gasteiger partial charge < -0.3 is 10.2 Å². The Kier molecular flexibility index (Phi) is 9.59. The summed E-state index contributed by atoms with van der Waals surface area (Å²) in [6.07, 6.45) is 8.16. The molecule has 0 heterocycles. The van der Waals surface area contributed by atoms with Crippen LogP contribution >= 0.6 is 0 Å². The first-order valence-electron chi connectivity index (χ1n) is 9.57. The molecule has 1 N–H and O–H groups in total. The van der Waals surface area contributed by atoms with Gasteiger partial charge >= 0.3 is 0 Å². The molecule has 2 nitrogen and oxygen atoms in total. The molecule has 0 aliphatic heterocycles. The molecule has 1 saturated carbocycles. The Morgan fingerprint density at radius 2 is 1.86 bits per heavy atom. The first kappa shape index (κ1) is 19.0. The number of nitrogens with zero attached hydrogens (tertiary/aromatic N) is 1. The van der Waals surface area contributed by atoms with Gasteiger partial charge in [-0.05, 0) is 69.5 Å². The number of hydrogen-bond acceptors (Lipinski definition) is 2. The maximum Gasteiger partial charge on any atom is 0.0108 e. The van der Waals surface area contributed by atoms with Crippen molar-refractivity contribution in [2.75, 3.05) is 26.2 Å². The lowest BCUT2D eigenvalue weighted by Crippen LogP contribution is -2.46. The van der Waals surface area contributed by atoms with Crippen molar-refractivity contribution >= 4 is 0 Å². The Balaban J connectivity index is 2.58. The van der Waals surface area contributed by atoms with Crippen LogP contribution in [0.2, 0.25) is 0 Å². The highest BCUT2D eigenvalue weighted by Crippen LogP contribution is 2.34. The summed E-state index contributed by atoms with van der Waals surface area (Å²) >= 11 is 0. The first-order chi connectivity index (χ1) is 10.1. The van der Waals surface area contributed by atoms with Crippen molar-refractivity contribution in [1.29, 1.82) is 0 Å². The van der Waals surface area contributed by atoms with E-state index in [1.807, 2.05) is 0 Å². The van der Waals surface area contributed by atoms with Crippen LogP contribution < -0.4 is 5.32 Å². The summed E-state index contributed by atoms with van der Waals surface area (Å²) in [5.41, 5.74) is 0. The van der Waals surface area contributed by atoms with Crippen LogP contribution in [-0.4, -0.2) is 37.1 Å². The molecule has 1 fully saturated rings. The van der Waals surface area contributed by atoms with Crippen LogP contribution in [0.1, 0.15) is 73.1 Å². The fraction of sp³-hybridized carbons (Fsp3) is 1.00. The Labute approximate surface area is 134 Å². The Morgan fingerprint density at radius 3 is 2.43 bits per heavy atom. The minimum atomic E-state index is 0.760. The minimum Gasteiger partial charge on any atom is -0.314 e. The van der Waals surface area contributed by atoms with Crippen molar-refractivity contribution in [1.82, 2.24) is 10.2 Å². The van der Waals surface area contributed by atoms with Crippen molar-refractivity contribution in [3.63, 3.8) is 0 Å². The summed E-state index contributed by atoms with van der Waals surface area (Å²) in [5.74, 6) is 2.65. The SMILES string of the molecule is CCCCN(CC)CC1CC(C(C)C)CCC1NCCC. The molecule has 0 radical (unpaired) electrons. The van der Waals surface area contributed by atoms with E-state index in [9.17, 15) is 0 Å². The highest BCUT2D eigenvalue weighted by molar-refractivity contribution is 4.87. The number of rotatable bonds is 10. The van der Waals surface area contributed by atoms with Crippen LogP contribution in [0.3, 0.4) is 0 Å². The molecule has 0 amide bonds. The van der Waals surface area contributed by atoms with Crippen LogP contribution in [0.5, 0.6) is 0 Å². The highest BCUT2D eigenvalue weighted by atomic mass is 15.1. The van der Waals surface area contributed by atoms with Gasteiger partial charge in [-0.15, -0.1) is 0 Å². The molecule has 0 saturated heterocycles. The lowest BCUT2D eigenvalue weighted by Gasteiger charge is -2.40. The van der Waals surface area contributed by atoms with Crippen molar-refractivity contribution in [2.24, 2.45) is 17.8 Å². The Bertz CT molecular complexity index is 252. The standard InChI is InChI=1S/C19H40N2/c1-6-9-13-21(8-3)15-18-14-17(16(4)5)10-11-19(18)20-12-7-2/h16-20H,6-15H2,1-5H3. The monoisotopic (exact) mass is 296 g/mol. The smallest absolute Gasteiger partial charge is 0.0108 e. The lowest BCUT2D eigenvalue weighted by molar-refractivity contribution is 0.123. The zero-order valence-corrected chi connectivity index (χ0v) is 15.3. The number of hydrogen-bond donors (Lipinski definition) is 1. The maximum atomic E-state index is 3.84. The van der Waals surface area contributed by atoms with E-state index in [0.717, 1.165) is 23.8 Å². The fourth-order valence-electron chi connectivity index (χ4n) is 3.80. The van der Waals surface area contributed by atoms with Gasteiger partial charge in [-0.25, -0.2) is 0 Å². The molecular weight excluding hydrogens is 256 g/mol. The highest BCUT2D eigenvalue weighted by Gasteiger charge is 2.32. The average molecular weight is 297 g/mol. The molecule has 1 aliphatic carbocycles. The molecule has 1 aliphatic rings. The van der Waals surface area contributed by atoms with Crippen molar-refractivity contribution < 1.29 is 0 Å². The van der Waals surface area contributed by atoms with Crippen LogP contribution in [0.4, 0.5) is 0 Å². The minimum absolute atomic E-state index is 0.760. The van der Waals surface area contributed by atoms with E-state index >= 15 is 0 Å². The quantitative estimate of drug-likeness (QED) is 0.636. The molecule has 3 unspecified atom stereocenters. The van der Waals surface area contributed by atoms with Gasteiger partial charge in [0.1, 0.15) is 0 Å². The summed E-state index contributed by atoms with van der Waals surface area (Å²) in [6.45, 7) is 16.7. The normalized spacial score (nSPS) is 26.7. The van der Waals surface area contributed by atoms with Crippen molar-refractivity contribution in [2.45, 2.75) is 79.2 Å². The zero-order chi connectivity index (χ0) is 15.7. The molecule has 0 spiro atoms. The van der Waals surface area contributed by atoms with E-state index in [2.05, 4.69) is 44.8 Å². The third kappa shape index (κ3) is 6.69. The van der Waals surface area contributed by atoms with E-state index in [1.54, 1.807) is 0 Å². The van der Waals surface area contributed by atoms with Crippen LogP contribution in [0.25, 0.3) is 0 Å². The summed E-state index contributed by atoms with van der Waals surface area (Å²) in [6, 6.07) is 0.760. The molecule has 2 heteroatoms. The second-order valence-electron chi connectivity index (χ2n) is 7.38. The zero-order valence-electron chi connectivity index (χ0n) is 15.3. The van der Waals surface area contributed by atoms with E-state index in [4.69, 9.17) is 0 Å². The van der Waals surface area contributed by atoms with Crippen molar-refractivity contribution in [3.05, 3.63) is 0 Å². The van der Waals surface area contributed by atoms with Gasteiger partial charge in [0.25, 0.3) is 0 Å². The predicted octanol–water partition coefficient (Wildman–Crippen LogP) is 4.55. The summed E-state index contributed by atoms with van der Waals surface area (Å²) in [7, 11) is 0. The number of nitrogens with one attached hydrogen (secondary N) is 1. The van der Waals surface area contributed by atoms with Gasteiger partial charge in [-0.1, -0.05) is 41.0 Å². The van der Waals surface area contributed by atoms with Crippen LogP contribution in [0, 0.1) is 17.8 Å². The van der Waals surface area contributed by atoms with Gasteiger partial charge in [-0.3, -0.25) is 0 Å². The number of unbranched alkanes of at least 4 members (excludes halogenated alkanes) is 1. The van der Waals surface area contributed by atoms with Crippen molar-refractivity contribution in [3.8, 4) is 0 Å². The third-order valence-electron chi connectivity index (χ3n) is 5.39. The molecule has 21 heavy (non-hydrogen) atoms. The second kappa shape index (κ2) is 10.6. The fourth-order valence-corrected chi connectivity index (χ4v) is 3.80. The Hall–Kier alpha value is -0.0800. The van der Waals surface area contributed by atoms with Crippen LogP contribution in [-0.2, 0) is 0 Å². The largest absolute Gasteiger partial charge is 0.314 e. The molecule has 0 bridgehead atoms. The molecular formula is C19H40N2. The third-order valence-corrected chi connectivity index (χ3v) is 5.39. The molecule has 0 aromatic carbocycles. The first-order valence-corrected chi connectivity index (χ1v) is 9.57.